The number of anilines is 1. The minimum Gasteiger partial charge on any atom is -0.361 e. The van der Waals surface area contributed by atoms with Crippen molar-refractivity contribution in [3.8, 4) is 0 Å². The first kappa shape index (κ1) is 16.0. The Labute approximate surface area is 140 Å². The van der Waals surface area contributed by atoms with Crippen molar-refractivity contribution in [3.05, 3.63) is 47.3 Å². The molecule has 24 heavy (non-hydrogen) atoms. The van der Waals surface area contributed by atoms with Gasteiger partial charge in [-0.25, -0.2) is 4.79 Å². The summed E-state index contributed by atoms with van der Waals surface area (Å²) in [5.74, 6) is 0.728. The molecular formula is C17H20N4O3. The van der Waals surface area contributed by atoms with E-state index in [1.54, 1.807) is 37.4 Å². The molecule has 2 N–H and O–H groups in total. The van der Waals surface area contributed by atoms with Gasteiger partial charge in [-0.15, -0.1) is 0 Å². The number of nitrogens with one attached hydrogen (secondary N) is 2. The molecule has 0 radical (unpaired) electrons. The molecular weight excluding hydrogens is 308 g/mol. The first-order chi connectivity index (χ1) is 11.6. The van der Waals surface area contributed by atoms with Crippen molar-refractivity contribution in [2.75, 3.05) is 18.4 Å². The quantitative estimate of drug-likeness (QED) is 0.903. The van der Waals surface area contributed by atoms with Crippen LogP contribution in [0.1, 0.15) is 34.5 Å². The van der Waals surface area contributed by atoms with Crippen LogP contribution in [0.25, 0.3) is 0 Å². The van der Waals surface area contributed by atoms with E-state index in [1.807, 2.05) is 4.90 Å². The molecule has 0 atom stereocenters. The molecule has 2 aromatic rings. The maximum atomic E-state index is 12.3. The standard InChI is InChI=1S/C17H20N4O3/c1-12-14(11-19-24-12)10-18-17(23)20-15-6-4-13(5-7-15)16(22)21-8-2-3-9-21/h4-7,11H,2-3,8-10H2,1H3,(H2,18,20,23). The first-order valence-electron chi connectivity index (χ1n) is 7.98. The molecule has 7 nitrogen and oxygen atoms in total. The SMILES string of the molecule is Cc1oncc1CNC(=O)Nc1ccc(C(=O)N2CCCC2)cc1. The van der Waals surface area contributed by atoms with E-state index in [-0.39, 0.29) is 11.9 Å². The normalized spacial score (nSPS) is 13.8. The molecule has 1 aliphatic heterocycles. The zero-order chi connectivity index (χ0) is 16.9. The predicted molar refractivity (Wildman–Crippen MR) is 88.7 cm³/mol. The average Bonchev–Trinajstić information content (AvgIpc) is 3.25. The summed E-state index contributed by atoms with van der Waals surface area (Å²) in [4.78, 5) is 26.0. The summed E-state index contributed by atoms with van der Waals surface area (Å²) >= 11 is 0. The lowest BCUT2D eigenvalue weighted by atomic mass is 10.2. The third-order valence-corrected chi connectivity index (χ3v) is 4.07. The smallest absolute Gasteiger partial charge is 0.319 e. The van der Waals surface area contributed by atoms with Crippen LogP contribution >= 0.6 is 0 Å². The minimum absolute atomic E-state index is 0.0476. The summed E-state index contributed by atoms with van der Waals surface area (Å²) in [6, 6.07) is 6.61. The minimum atomic E-state index is -0.325. The van der Waals surface area contributed by atoms with Crippen LogP contribution in [0, 0.1) is 6.92 Å². The number of benzene rings is 1. The van der Waals surface area contributed by atoms with E-state index >= 15 is 0 Å². The molecule has 3 rings (SSSR count). The summed E-state index contributed by atoms with van der Waals surface area (Å²) in [7, 11) is 0. The van der Waals surface area contributed by atoms with Crippen molar-refractivity contribution in [1.29, 1.82) is 0 Å². The van der Waals surface area contributed by atoms with Gasteiger partial charge >= 0.3 is 6.03 Å². The van der Waals surface area contributed by atoms with Crippen molar-refractivity contribution in [2.24, 2.45) is 0 Å². The molecule has 1 aliphatic rings. The summed E-state index contributed by atoms with van der Waals surface area (Å²) < 4.78 is 4.94. The van der Waals surface area contributed by atoms with Gasteiger partial charge in [0.05, 0.1) is 6.20 Å². The number of rotatable bonds is 4. The largest absolute Gasteiger partial charge is 0.361 e. The van der Waals surface area contributed by atoms with Crippen molar-refractivity contribution < 1.29 is 14.1 Å². The lowest BCUT2D eigenvalue weighted by Crippen LogP contribution is -2.28. The molecule has 0 unspecified atom stereocenters. The molecule has 0 aliphatic carbocycles. The molecule has 3 amide bonds. The highest BCUT2D eigenvalue weighted by atomic mass is 16.5. The van der Waals surface area contributed by atoms with Gasteiger partial charge in [-0.1, -0.05) is 5.16 Å². The number of hydrogen-bond donors (Lipinski definition) is 2. The third kappa shape index (κ3) is 3.73. The summed E-state index contributed by atoms with van der Waals surface area (Å²) in [6.45, 7) is 3.78. The topological polar surface area (TPSA) is 87.5 Å². The van der Waals surface area contributed by atoms with Gasteiger partial charge in [-0.3, -0.25) is 4.79 Å². The van der Waals surface area contributed by atoms with Crippen molar-refractivity contribution in [3.63, 3.8) is 0 Å². The zero-order valence-corrected chi connectivity index (χ0v) is 13.5. The van der Waals surface area contributed by atoms with Gasteiger partial charge in [0.15, 0.2) is 0 Å². The molecule has 1 fully saturated rings. The molecule has 1 aromatic heterocycles. The van der Waals surface area contributed by atoms with Crippen LogP contribution in [0.5, 0.6) is 0 Å². The number of carbonyl (C=O) groups excluding carboxylic acids is 2. The Hall–Kier alpha value is -2.83. The molecule has 0 saturated carbocycles. The Bertz CT molecular complexity index is 718. The number of carbonyl (C=O) groups is 2. The van der Waals surface area contributed by atoms with Crippen molar-refractivity contribution in [2.45, 2.75) is 26.3 Å². The second kappa shape index (κ2) is 7.16. The van der Waals surface area contributed by atoms with Crippen LogP contribution in [0.2, 0.25) is 0 Å². The maximum Gasteiger partial charge on any atom is 0.319 e. The van der Waals surface area contributed by atoms with E-state index in [2.05, 4.69) is 15.8 Å². The Morgan fingerprint density at radius 1 is 1.21 bits per heavy atom. The number of likely N-dealkylation sites (tertiary alicyclic amines) is 1. The Morgan fingerprint density at radius 2 is 1.92 bits per heavy atom. The van der Waals surface area contributed by atoms with E-state index in [1.165, 1.54) is 0 Å². The number of urea groups is 1. The van der Waals surface area contributed by atoms with E-state index in [4.69, 9.17) is 4.52 Å². The highest BCUT2D eigenvalue weighted by Gasteiger charge is 2.19. The number of amides is 3. The second-order valence-electron chi connectivity index (χ2n) is 5.79. The fraction of sp³-hybridized carbons (Fsp3) is 0.353. The summed E-state index contributed by atoms with van der Waals surface area (Å²) in [6.07, 6.45) is 3.71. The molecule has 1 aromatic carbocycles. The van der Waals surface area contributed by atoms with Gasteiger partial charge in [0, 0.05) is 36.4 Å². The highest BCUT2D eigenvalue weighted by Crippen LogP contribution is 2.15. The van der Waals surface area contributed by atoms with Crippen LogP contribution in [0.4, 0.5) is 10.5 Å². The van der Waals surface area contributed by atoms with Gasteiger partial charge in [0.2, 0.25) is 0 Å². The fourth-order valence-corrected chi connectivity index (χ4v) is 2.64. The van der Waals surface area contributed by atoms with Crippen molar-refractivity contribution >= 4 is 17.6 Å². The van der Waals surface area contributed by atoms with Crippen molar-refractivity contribution in [1.82, 2.24) is 15.4 Å². The van der Waals surface area contributed by atoms with Gasteiger partial charge in [0.25, 0.3) is 5.91 Å². The van der Waals surface area contributed by atoms with E-state index < -0.39 is 0 Å². The number of aromatic nitrogens is 1. The lowest BCUT2D eigenvalue weighted by Gasteiger charge is -2.15. The Morgan fingerprint density at radius 3 is 2.54 bits per heavy atom. The number of aryl methyl sites for hydroxylation is 1. The van der Waals surface area contributed by atoms with E-state index in [9.17, 15) is 9.59 Å². The second-order valence-corrected chi connectivity index (χ2v) is 5.79. The van der Waals surface area contributed by atoms with Gasteiger partial charge in [0.1, 0.15) is 5.76 Å². The average molecular weight is 328 g/mol. The van der Waals surface area contributed by atoms with Gasteiger partial charge in [-0.2, -0.15) is 0 Å². The fourth-order valence-electron chi connectivity index (χ4n) is 2.64. The Balaban J connectivity index is 1.52. The Kier molecular flexibility index (Phi) is 4.79. The predicted octanol–water partition coefficient (Wildman–Crippen LogP) is 2.54. The van der Waals surface area contributed by atoms with E-state index in [0.29, 0.717) is 23.6 Å². The van der Waals surface area contributed by atoms with Crippen LogP contribution in [-0.2, 0) is 6.54 Å². The van der Waals surface area contributed by atoms with Crippen LogP contribution in [0.15, 0.2) is 35.0 Å². The molecule has 126 valence electrons. The van der Waals surface area contributed by atoms with Crippen LogP contribution in [-0.4, -0.2) is 35.1 Å². The number of nitrogens with zero attached hydrogens (tertiary/aromatic N) is 2. The van der Waals surface area contributed by atoms with Gasteiger partial charge in [-0.05, 0) is 44.0 Å². The first-order valence-corrected chi connectivity index (χ1v) is 7.98. The maximum absolute atomic E-state index is 12.3. The molecule has 0 bridgehead atoms. The summed E-state index contributed by atoms with van der Waals surface area (Å²) in [5, 5.41) is 9.12. The van der Waals surface area contributed by atoms with Crippen LogP contribution in [0.3, 0.4) is 0 Å². The highest BCUT2D eigenvalue weighted by molar-refractivity contribution is 5.95. The van der Waals surface area contributed by atoms with Crippen LogP contribution < -0.4 is 10.6 Å². The zero-order valence-electron chi connectivity index (χ0n) is 13.5. The molecule has 1 saturated heterocycles. The summed E-state index contributed by atoms with van der Waals surface area (Å²) in [5.41, 5.74) is 2.10. The molecule has 2 heterocycles. The monoisotopic (exact) mass is 328 g/mol. The lowest BCUT2D eigenvalue weighted by molar-refractivity contribution is 0.0793. The number of hydrogen-bond acceptors (Lipinski definition) is 4. The van der Waals surface area contributed by atoms with Gasteiger partial charge < -0.3 is 20.1 Å². The third-order valence-electron chi connectivity index (χ3n) is 4.07. The van der Waals surface area contributed by atoms with E-state index in [0.717, 1.165) is 31.5 Å². The molecule has 7 heteroatoms. The molecule has 0 spiro atoms.